The lowest BCUT2D eigenvalue weighted by Crippen LogP contribution is -2.62. The maximum atomic E-state index is 13.8. The lowest BCUT2D eigenvalue weighted by molar-refractivity contribution is -0.133. The second-order valence-electron chi connectivity index (χ2n) is 5.73. The fourth-order valence-corrected chi connectivity index (χ4v) is 2.72. The second kappa shape index (κ2) is 6.27. The number of rotatable bonds is 6. The number of hydrogen-bond acceptors (Lipinski definition) is 3. The second-order valence-corrected chi connectivity index (χ2v) is 5.73. The molecule has 1 aromatic carbocycles. The third kappa shape index (κ3) is 3.01. The zero-order chi connectivity index (χ0) is 15.4. The van der Waals surface area contributed by atoms with Gasteiger partial charge < -0.3 is 15.6 Å². The Bertz CT molecular complexity index is 637. The molecule has 6 heteroatoms. The van der Waals surface area contributed by atoms with Gasteiger partial charge in [0.1, 0.15) is 5.82 Å². The SMILES string of the molecule is O=C(NCCc1cnc[nH]1)C1(Cc2ccccc2F)CNC1. The van der Waals surface area contributed by atoms with Crippen LogP contribution in [-0.2, 0) is 17.6 Å². The van der Waals surface area contributed by atoms with E-state index in [0.29, 0.717) is 38.0 Å². The zero-order valence-corrected chi connectivity index (χ0v) is 12.2. The van der Waals surface area contributed by atoms with Gasteiger partial charge in [-0.2, -0.15) is 0 Å². The molecule has 5 nitrogen and oxygen atoms in total. The Hall–Kier alpha value is -2.21. The van der Waals surface area contributed by atoms with Gasteiger partial charge in [-0.05, 0) is 18.1 Å². The fraction of sp³-hybridized carbons (Fsp3) is 0.375. The van der Waals surface area contributed by atoms with Crippen LogP contribution in [0.15, 0.2) is 36.8 Å². The van der Waals surface area contributed by atoms with Gasteiger partial charge in [0.15, 0.2) is 0 Å². The first-order valence-corrected chi connectivity index (χ1v) is 7.39. The Kier molecular flexibility index (Phi) is 4.20. The van der Waals surface area contributed by atoms with Crippen molar-refractivity contribution in [2.45, 2.75) is 12.8 Å². The Balaban J connectivity index is 1.60. The number of hydrogen-bond donors (Lipinski definition) is 3. The van der Waals surface area contributed by atoms with E-state index in [1.54, 1.807) is 30.7 Å². The van der Waals surface area contributed by atoms with Crippen LogP contribution in [-0.4, -0.2) is 35.5 Å². The van der Waals surface area contributed by atoms with Crippen molar-refractivity contribution in [1.82, 2.24) is 20.6 Å². The van der Waals surface area contributed by atoms with Crippen molar-refractivity contribution >= 4 is 5.91 Å². The van der Waals surface area contributed by atoms with Gasteiger partial charge in [0, 0.05) is 37.9 Å². The number of amides is 1. The first-order valence-electron chi connectivity index (χ1n) is 7.39. The molecule has 22 heavy (non-hydrogen) atoms. The minimum Gasteiger partial charge on any atom is -0.355 e. The predicted molar refractivity (Wildman–Crippen MR) is 80.7 cm³/mol. The van der Waals surface area contributed by atoms with Gasteiger partial charge in [0.25, 0.3) is 0 Å². The quantitative estimate of drug-likeness (QED) is 0.747. The molecule has 0 atom stereocenters. The molecular weight excluding hydrogens is 283 g/mol. The van der Waals surface area contributed by atoms with E-state index in [4.69, 9.17) is 0 Å². The van der Waals surface area contributed by atoms with E-state index in [0.717, 1.165) is 5.69 Å². The van der Waals surface area contributed by atoms with Gasteiger partial charge in [-0.3, -0.25) is 4.79 Å². The molecule has 116 valence electrons. The van der Waals surface area contributed by atoms with Crippen LogP contribution in [0, 0.1) is 11.2 Å². The van der Waals surface area contributed by atoms with Crippen LogP contribution < -0.4 is 10.6 Å². The molecule has 1 aliphatic rings. The number of aromatic nitrogens is 2. The number of halogens is 1. The molecule has 1 saturated heterocycles. The van der Waals surface area contributed by atoms with Crippen molar-refractivity contribution in [2.75, 3.05) is 19.6 Å². The Morgan fingerprint density at radius 1 is 1.36 bits per heavy atom. The van der Waals surface area contributed by atoms with Crippen molar-refractivity contribution in [3.63, 3.8) is 0 Å². The highest BCUT2D eigenvalue weighted by molar-refractivity contribution is 5.84. The molecular formula is C16H19FN4O. The van der Waals surface area contributed by atoms with E-state index < -0.39 is 5.41 Å². The van der Waals surface area contributed by atoms with E-state index in [1.807, 2.05) is 0 Å². The summed E-state index contributed by atoms with van der Waals surface area (Å²) >= 11 is 0. The topological polar surface area (TPSA) is 69.8 Å². The molecule has 0 unspecified atom stereocenters. The van der Waals surface area contributed by atoms with Crippen LogP contribution in [0.5, 0.6) is 0 Å². The van der Waals surface area contributed by atoms with Crippen LogP contribution in [0.2, 0.25) is 0 Å². The van der Waals surface area contributed by atoms with Gasteiger partial charge in [-0.15, -0.1) is 0 Å². The summed E-state index contributed by atoms with van der Waals surface area (Å²) in [6, 6.07) is 6.64. The highest BCUT2D eigenvalue weighted by atomic mass is 19.1. The van der Waals surface area contributed by atoms with Gasteiger partial charge in [-0.1, -0.05) is 18.2 Å². The van der Waals surface area contributed by atoms with Crippen LogP contribution in [0.3, 0.4) is 0 Å². The average molecular weight is 302 g/mol. The molecule has 0 saturated carbocycles. The van der Waals surface area contributed by atoms with Gasteiger partial charge >= 0.3 is 0 Å². The molecule has 1 amide bonds. The lowest BCUT2D eigenvalue weighted by atomic mass is 9.75. The van der Waals surface area contributed by atoms with Gasteiger partial charge in [0.05, 0.1) is 11.7 Å². The number of nitrogens with zero attached hydrogens (tertiary/aromatic N) is 1. The number of nitrogens with one attached hydrogen (secondary N) is 3. The van der Waals surface area contributed by atoms with Crippen molar-refractivity contribution in [3.8, 4) is 0 Å². The standard InChI is InChI=1S/C16H19FN4O/c17-14-4-2-1-3-12(14)7-16(9-19-10-16)15(22)20-6-5-13-8-18-11-21-13/h1-4,8,11,19H,5-7,9-10H2,(H,18,21)(H,20,22). The maximum Gasteiger partial charge on any atom is 0.229 e. The van der Waals surface area contributed by atoms with Gasteiger partial charge in [-0.25, -0.2) is 9.37 Å². The van der Waals surface area contributed by atoms with Crippen LogP contribution in [0.25, 0.3) is 0 Å². The van der Waals surface area contributed by atoms with Crippen molar-refractivity contribution in [2.24, 2.45) is 5.41 Å². The van der Waals surface area contributed by atoms with Crippen LogP contribution >= 0.6 is 0 Å². The monoisotopic (exact) mass is 302 g/mol. The minimum absolute atomic E-state index is 0.0194. The number of imidazole rings is 1. The third-order valence-electron chi connectivity index (χ3n) is 4.13. The molecule has 2 aromatic rings. The normalized spacial score (nSPS) is 16.0. The maximum absolute atomic E-state index is 13.8. The van der Waals surface area contributed by atoms with Crippen molar-refractivity contribution in [1.29, 1.82) is 0 Å². The first-order chi connectivity index (χ1) is 10.7. The highest BCUT2D eigenvalue weighted by Gasteiger charge is 2.44. The zero-order valence-electron chi connectivity index (χ0n) is 12.2. The molecule has 1 fully saturated rings. The van der Waals surface area contributed by atoms with E-state index in [-0.39, 0.29) is 11.7 Å². The van der Waals surface area contributed by atoms with E-state index >= 15 is 0 Å². The Morgan fingerprint density at radius 2 is 2.18 bits per heavy atom. The molecule has 0 aliphatic carbocycles. The van der Waals surface area contributed by atoms with E-state index in [2.05, 4.69) is 20.6 Å². The fourth-order valence-electron chi connectivity index (χ4n) is 2.72. The van der Waals surface area contributed by atoms with Crippen LogP contribution in [0.4, 0.5) is 4.39 Å². The number of carbonyl (C=O) groups excluding carboxylic acids is 1. The largest absolute Gasteiger partial charge is 0.355 e. The van der Waals surface area contributed by atoms with E-state index in [1.165, 1.54) is 6.07 Å². The summed E-state index contributed by atoms with van der Waals surface area (Å²) < 4.78 is 13.8. The molecule has 1 aromatic heterocycles. The van der Waals surface area contributed by atoms with Gasteiger partial charge in [0.2, 0.25) is 5.91 Å². The molecule has 3 rings (SSSR count). The summed E-state index contributed by atoms with van der Waals surface area (Å²) in [7, 11) is 0. The Morgan fingerprint density at radius 3 is 2.82 bits per heavy atom. The summed E-state index contributed by atoms with van der Waals surface area (Å²) in [6.45, 7) is 1.70. The number of aromatic amines is 1. The smallest absolute Gasteiger partial charge is 0.229 e. The lowest BCUT2D eigenvalue weighted by Gasteiger charge is -2.41. The summed E-state index contributed by atoms with van der Waals surface area (Å²) in [6.07, 6.45) is 4.48. The molecule has 3 N–H and O–H groups in total. The highest BCUT2D eigenvalue weighted by Crippen LogP contribution is 2.29. The van der Waals surface area contributed by atoms with Crippen LogP contribution in [0.1, 0.15) is 11.3 Å². The molecule has 0 spiro atoms. The van der Waals surface area contributed by atoms with Crippen molar-refractivity contribution in [3.05, 3.63) is 53.9 Å². The minimum atomic E-state index is -0.545. The number of carbonyl (C=O) groups is 1. The Labute approximate surface area is 128 Å². The average Bonchev–Trinajstić information content (AvgIpc) is 2.98. The molecule has 0 bridgehead atoms. The summed E-state index contributed by atoms with van der Waals surface area (Å²) in [4.78, 5) is 19.4. The molecule has 0 radical (unpaired) electrons. The first kappa shape index (κ1) is 14.7. The summed E-state index contributed by atoms with van der Waals surface area (Å²) in [5.41, 5.74) is 1.03. The third-order valence-corrected chi connectivity index (χ3v) is 4.13. The number of benzene rings is 1. The van der Waals surface area contributed by atoms with Crippen molar-refractivity contribution < 1.29 is 9.18 Å². The predicted octanol–water partition coefficient (Wildman–Crippen LogP) is 1.04. The summed E-state index contributed by atoms with van der Waals surface area (Å²) in [5.74, 6) is -0.270. The van der Waals surface area contributed by atoms with E-state index in [9.17, 15) is 9.18 Å². The molecule has 1 aliphatic heterocycles. The number of H-pyrrole nitrogens is 1. The molecule has 2 heterocycles. The summed E-state index contributed by atoms with van der Waals surface area (Å²) in [5, 5.41) is 6.08.